The molecule has 30 heavy (non-hydrogen) atoms. The number of hydrogen-bond acceptors (Lipinski definition) is 7. The molecule has 3 rings (SSSR count). The Kier molecular flexibility index (Phi) is 6.20. The van der Waals surface area contributed by atoms with Crippen LogP contribution in [0.3, 0.4) is 0 Å². The number of carbonyl (C=O) groups excluding carboxylic acids is 1. The van der Waals surface area contributed by atoms with Gasteiger partial charge in [0.25, 0.3) is 0 Å². The van der Waals surface area contributed by atoms with Crippen LogP contribution in [0.25, 0.3) is 5.76 Å². The third-order valence-electron chi connectivity index (χ3n) is 4.65. The number of fused-ring (bicyclic) bond motifs is 1. The van der Waals surface area contributed by atoms with Crippen LogP contribution in [0.5, 0.6) is 28.7 Å². The number of phenolic OH excluding ortho intramolecular Hbond substituents is 1. The number of hydrogen-bond donors (Lipinski definition) is 2. The van der Waals surface area contributed by atoms with Crippen LogP contribution in [0.2, 0.25) is 0 Å². The maximum Gasteiger partial charge on any atom is 0.231 e. The first-order valence-corrected chi connectivity index (χ1v) is 9.30. The zero-order valence-corrected chi connectivity index (χ0v) is 17.3. The highest BCUT2D eigenvalue weighted by Gasteiger charge is 2.24. The van der Waals surface area contributed by atoms with Crippen molar-refractivity contribution in [1.82, 2.24) is 0 Å². The number of aromatic hydroxyl groups is 1. The van der Waals surface area contributed by atoms with Gasteiger partial charge in [-0.1, -0.05) is 11.6 Å². The van der Waals surface area contributed by atoms with E-state index < -0.39 is 5.78 Å². The number of ketones is 1. The first kappa shape index (κ1) is 21.1. The van der Waals surface area contributed by atoms with E-state index in [1.54, 1.807) is 18.2 Å². The van der Waals surface area contributed by atoms with Crippen molar-refractivity contribution in [2.24, 2.45) is 0 Å². The molecule has 0 atom stereocenters. The van der Waals surface area contributed by atoms with Crippen LogP contribution in [0.4, 0.5) is 0 Å². The molecule has 1 aliphatic heterocycles. The minimum Gasteiger partial charge on any atom is -0.507 e. The van der Waals surface area contributed by atoms with Crippen LogP contribution in [0, 0.1) is 0 Å². The van der Waals surface area contributed by atoms with Crippen molar-refractivity contribution in [3.05, 3.63) is 58.7 Å². The molecule has 0 aromatic heterocycles. The number of methoxy groups -OCH3 is 2. The average molecular weight is 412 g/mol. The van der Waals surface area contributed by atoms with E-state index in [-0.39, 0.29) is 35.4 Å². The summed E-state index contributed by atoms with van der Waals surface area (Å²) in [4.78, 5) is 13.1. The van der Waals surface area contributed by atoms with Gasteiger partial charge in [0, 0.05) is 23.3 Å². The predicted octanol–water partition coefficient (Wildman–Crippen LogP) is 4.43. The molecular formula is C23H24O7. The van der Waals surface area contributed by atoms with Crippen molar-refractivity contribution in [3.8, 4) is 28.7 Å². The molecule has 0 aliphatic carbocycles. The predicted molar refractivity (Wildman–Crippen MR) is 112 cm³/mol. The van der Waals surface area contributed by atoms with Crippen LogP contribution in [0.1, 0.15) is 35.3 Å². The standard InChI is InChI=1S/C23H24O7/c1-13(2)5-7-15-17(25)11-21(27-3)22(23(15)28-4)18(26)10-16(24)14-6-8-19-20(9-14)30-12-29-19/h5-6,8-11,24-25H,7,12H2,1-4H3/b16-10-. The Bertz CT molecular complexity index is 1030. The molecule has 0 unspecified atom stereocenters. The van der Waals surface area contributed by atoms with E-state index in [0.717, 1.165) is 11.6 Å². The Morgan fingerprint density at radius 3 is 2.53 bits per heavy atom. The molecule has 158 valence electrons. The second kappa shape index (κ2) is 8.82. The summed E-state index contributed by atoms with van der Waals surface area (Å²) in [6.45, 7) is 3.98. The summed E-state index contributed by atoms with van der Waals surface area (Å²) in [5.74, 6) is 0.585. The van der Waals surface area contributed by atoms with E-state index in [9.17, 15) is 15.0 Å². The Morgan fingerprint density at radius 1 is 1.13 bits per heavy atom. The van der Waals surface area contributed by atoms with E-state index in [2.05, 4.69) is 0 Å². The molecule has 0 spiro atoms. The molecule has 0 saturated carbocycles. The summed E-state index contributed by atoms with van der Waals surface area (Å²) in [5.41, 5.74) is 2.02. The number of aliphatic hydroxyl groups is 1. The van der Waals surface area contributed by atoms with Crippen molar-refractivity contribution < 1.29 is 34.0 Å². The van der Waals surface area contributed by atoms with Crippen molar-refractivity contribution in [2.75, 3.05) is 21.0 Å². The van der Waals surface area contributed by atoms with Gasteiger partial charge in [0.2, 0.25) is 6.79 Å². The minimum atomic E-state index is -0.530. The van der Waals surface area contributed by atoms with Gasteiger partial charge in [0.1, 0.15) is 28.6 Å². The number of aliphatic hydroxyl groups excluding tert-OH is 1. The fourth-order valence-electron chi connectivity index (χ4n) is 3.12. The summed E-state index contributed by atoms with van der Waals surface area (Å²) in [5, 5.41) is 20.9. The molecule has 0 radical (unpaired) electrons. The summed E-state index contributed by atoms with van der Waals surface area (Å²) in [6.07, 6.45) is 3.37. The highest BCUT2D eigenvalue weighted by molar-refractivity contribution is 6.12. The molecular weight excluding hydrogens is 388 g/mol. The maximum absolute atomic E-state index is 13.1. The second-order valence-electron chi connectivity index (χ2n) is 6.93. The van der Waals surface area contributed by atoms with Crippen LogP contribution < -0.4 is 18.9 Å². The van der Waals surface area contributed by atoms with Gasteiger partial charge < -0.3 is 29.2 Å². The molecule has 2 aromatic rings. The molecule has 1 heterocycles. The second-order valence-corrected chi connectivity index (χ2v) is 6.93. The Balaban J connectivity index is 2.04. The molecule has 7 nitrogen and oxygen atoms in total. The van der Waals surface area contributed by atoms with Crippen molar-refractivity contribution in [3.63, 3.8) is 0 Å². The number of carbonyl (C=O) groups is 1. The van der Waals surface area contributed by atoms with Crippen molar-refractivity contribution >= 4 is 11.5 Å². The number of allylic oxidation sites excluding steroid dienone is 3. The van der Waals surface area contributed by atoms with E-state index in [0.29, 0.717) is 29.0 Å². The van der Waals surface area contributed by atoms with Crippen molar-refractivity contribution in [2.45, 2.75) is 20.3 Å². The number of ether oxygens (including phenoxy) is 4. The third-order valence-corrected chi connectivity index (χ3v) is 4.65. The molecule has 0 amide bonds. The SMILES string of the molecule is COc1cc(O)c(CC=C(C)C)c(OC)c1C(=O)/C=C(\O)c1ccc2c(c1)OCO2. The first-order chi connectivity index (χ1) is 14.3. The number of benzene rings is 2. The van der Waals surface area contributed by atoms with Crippen LogP contribution in [-0.2, 0) is 6.42 Å². The quantitative estimate of drug-likeness (QED) is 0.301. The fraction of sp³-hybridized carbons (Fsp3) is 0.261. The highest BCUT2D eigenvalue weighted by atomic mass is 16.7. The first-order valence-electron chi connectivity index (χ1n) is 9.30. The van der Waals surface area contributed by atoms with Gasteiger partial charge in [0.05, 0.1) is 14.2 Å². The van der Waals surface area contributed by atoms with Gasteiger partial charge in [-0.05, 0) is 38.5 Å². The Morgan fingerprint density at radius 2 is 1.87 bits per heavy atom. The van der Waals surface area contributed by atoms with E-state index in [1.807, 2.05) is 19.9 Å². The Hall–Kier alpha value is -3.61. The minimum absolute atomic E-state index is 0.0401. The zero-order valence-electron chi connectivity index (χ0n) is 17.3. The molecule has 7 heteroatoms. The molecule has 2 N–H and O–H groups in total. The van der Waals surface area contributed by atoms with E-state index in [4.69, 9.17) is 18.9 Å². The highest BCUT2D eigenvalue weighted by Crippen LogP contribution is 2.40. The zero-order chi connectivity index (χ0) is 21.8. The van der Waals surface area contributed by atoms with Crippen LogP contribution >= 0.6 is 0 Å². The third kappa shape index (κ3) is 4.20. The lowest BCUT2D eigenvalue weighted by atomic mass is 9.98. The van der Waals surface area contributed by atoms with Crippen LogP contribution in [-0.4, -0.2) is 37.0 Å². The van der Waals surface area contributed by atoms with Gasteiger partial charge >= 0.3 is 0 Å². The molecule has 0 bridgehead atoms. The normalized spacial score (nSPS) is 12.5. The van der Waals surface area contributed by atoms with Crippen LogP contribution in [0.15, 0.2) is 42.0 Å². The lowest BCUT2D eigenvalue weighted by molar-refractivity contribution is 0.104. The van der Waals surface area contributed by atoms with E-state index in [1.165, 1.54) is 20.3 Å². The molecule has 0 fully saturated rings. The molecule has 0 saturated heterocycles. The number of rotatable bonds is 7. The number of phenols is 1. The topological polar surface area (TPSA) is 94.5 Å². The lowest BCUT2D eigenvalue weighted by Crippen LogP contribution is -2.06. The maximum atomic E-state index is 13.1. The molecule has 2 aromatic carbocycles. The van der Waals surface area contributed by atoms with Gasteiger partial charge in [-0.25, -0.2) is 0 Å². The van der Waals surface area contributed by atoms with Gasteiger partial charge in [-0.2, -0.15) is 0 Å². The lowest BCUT2D eigenvalue weighted by Gasteiger charge is -2.16. The van der Waals surface area contributed by atoms with Crippen molar-refractivity contribution in [1.29, 1.82) is 0 Å². The largest absolute Gasteiger partial charge is 0.507 e. The summed E-state index contributed by atoms with van der Waals surface area (Å²) in [7, 11) is 2.81. The fourth-order valence-corrected chi connectivity index (χ4v) is 3.12. The Labute approximate surface area is 174 Å². The van der Waals surface area contributed by atoms with Gasteiger partial charge in [-0.3, -0.25) is 4.79 Å². The smallest absolute Gasteiger partial charge is 0.231 e. The van der Waals surface area contributed by atoms with E-state index >= 15 is 0 Å². The summed E-state index contributed by atoms with van der Waals surface area (Å²) < 4.78 is 21.3. The summed E-state index contributed by atoms with van der Waals surface area (Å²) >= 11 is 0. The average Bonchev–Trinajstić information content (AvgIpc) is 3.19. The summed E-state index contributed by atoms with van der Waals surface area (Å²) in [6, 6.07) is 6.24. The van der Waals surface area contributed by atoms with Gasteiger partial charge in [-0.15, -0.1) is 0 Å². The molecule has 1 aliphatic rings. The van der Waals surface area contributed by atoms with Gasteiger partial charge in [0.15, 0.2) is 17.3 Å². The monoisotopic (exact) mass is 412 g/mol.